The third-order valence-electron chi connectivity index (χ3n) is 12.8. The van der Waals surface area contributed by atoms with Crippen LogP contribution in [-0.4, -0.2) is 37.2 Å². The van der Waals surface area contributed by atoms with Crippen molar-refractivity contribution in [3.63, 3.8) is 0 Å². The van der Waals surface area contributed by atoms with Gasteiger partial charge in [-0.2, -0.15) is 0 Å². The van der Waals surface area contributed by atoms with E-state index in [2.05, 4.69) is 118 Å². The molecule has 0 heterocycles. The van der Waals surface area contributed by atoms with E-state index in [4.69, 9.17) is 14.2 Å². The standard InChI is InChI=1S/C67H112O6/c1-4-7-10-13-16-19-22-25-28-29-30-31-32-33-34-35-36-37-40-42-45-48-51-54-57-60-66(69)72-63-64(73-67(70)61-58-55-52-49-46-43-39-27-24-21-18-15-12-9-6-3)62-71-65(68)59-56-53-50-47-44-41-38-26-23-20-17-14-11-8-5-2/h8-9,11-12,17-18,20-21,26-27,38-39,44,46-47,49,55,58,64H,4-7,10,13-16,19,22-25,28-37,40-43,45,48,50-54,56-57,59-63H2,1-3H3/b11-8-,12-9-,20-17-,21-18-,38-26-,39-27-,47-44-,49-46-,58-55-. The first-order chi connectivity index (χ1) is 36.0. The molecule has 0 aliphatic rings. The molecule has 0 rings (SSSR count). The van der Waals surface area contributed by atoms with E-state index in [1.165, 1.54) is 141 Å². The average molecular weight is 1010 g/mol. The third-order valence-corrected chi connectivity index (χ3v) is 12.8. The zero-order valence-corrected chi connectivity index (χ0v) is 47.6. The molecule has 0 amide bonds. The summed E-state index contributed by atoms with van der Waals surface area (Å²) >= 11 is 0. The molecule has 0 aliphatic heterocycles. The number of carbonyl (C=O) groups is 3. The van der Waals surface area contributed by atoms with Gasteiger partial charge in [-0.25, -0.2) is 0 Å². The Labute approximate surface area is 450 Å². The zero-order valence-electron chi connectivity index (χ0n) is 47.6. The minimum atomic E-state index is -0.850. The SMILES string of the molecule is CC/C=C\C/C=C\C/C=C\C/C=C\C/C=C\CC(=O)OC(COC(=O)CCCC/C=C\C/C=C\C/C=C\C/C=C\CC)COC(=O)CCCCCCCCCCCCCCCCCCCCCCCCCCC. The predicted molar refractivity (Wildman–Crippen MR) is 316 cm³/mol. The van der Waals surface area contributed by atoms with Crippen molar-refractivity contribution in [3.8, 4) is 0 Å². The monoisotopic (exact) mass is 1010 g/mol. The molecule has 0 spiro atoms. The molecule has 0 N–H and O–H groups in total. The minimum Gasteiger partial charge on any atom is -0.462 e. The van der Waals surface area contributed by atoms with Crippen LogP contribution >= 0.6 is 0 Å². The van der Waals surface area contributed by atoms with Gasteiger partial charge in [-0.15, -0.1) is 0 Å². The molecule has 1 unspecified atom stereocenters. The van der Waals surface area contributed by atoms with Gasteiger partial charge in [0.2, 0.25) is 0 Å². The lowest BCUT2D eigenvalue weighted by Crippen LogP contribution is -2.30. The molecule has 416 valence electrons. The summed E-state index contributed by atoms with van der Waals surface area (Å²) in [7, 11) is 0. The smallest absolute Gasteiger partial charge is 0.310 e. The lowest BCUT2D eigenvalue weighted by Gasteiger charge is -2.18. The van der Waals surface area contributed by atoms with E-state index in [0.717, 1.165) is 83.5 Å². The molecule has 6 nitrogen and oxygen atoms in total. The molecule has 73 heavy (non-hydrogen) atoms. The van der Waals surface area contributed by atoms with E-state index in [1.54, 1.807) is 6.08 Å². The maximum absolute atomic E-state index is 12.8. The summed E-state index contributed by atoms with van der Waals surface area (Å²) in [6.45, 7) is 6.31. The van der Waals surface area contributed by atoms with Gasteiger partial charge in [-0.3, -0.25) is 14.4 Å². The first kappa shape index (κ1) is 69.1. The Bertz CT molecular complexity index is 1490. The van der Waals surface area contributed by atoms with Crippen molar-refractivity contribution < 1.29 is 28.6 Å². The van der Waals surface area contributed by atoms with Gasteiger partial charge in [0.15, 0.2) is 6.10 Å². The van der Waals surface area contributed by atoms with E-state index in [1.807, 2.05) is 6.08 Å². The van der Waals surface area contributed by atoms with Crippen LogP contribution in [0, 0.1) is 0 Å². The average Bonchev–Trinajstić information content (AvgIpc) is 3.39. The molecule has 0 bridgehead atoms. The molecule has 0 radical (unpaired) electrons. The lowest BCUT2D eigenvalue weighted by molar-refractivity contribution is -0.166. The van der Waals surface area contributed by atoms with Gasteiger partial charge in [0.05, 0.1) is 6.42 Å². The Morgan fingerprint density at radius 1 is 0.301 bits per heavy atom. The largest absolute Gasteiger partial charge is 0.462 e. The van der Waals surface area contributed by atoms with E-state index in [9.17, 15) is 14.4 Å². The van der Waals surface area contributed by atoms with Crippen LogP contribution in [0.4, 0.5) is 0 Å². The fourth-order valence-corrected chi connectivity index (χ4v) is 8.33. The molecule has 0 aromatic rings. The molecule has 0 aromatic carbocycles. The van der Waals surface area contributed by atoms with E-state index >= 15 is 0 Å². The highest BCUT2D eigenvalue weighted by Gasteiger charge is 2.19. The number of unbranched alkanes of at least 4 members (excludes halogenated alkanes) is 26. The normalized spacial score (nSPS) is 12.9. The number of hydrogen-bond acceptors (Lipinski definition) is 6. The van der Waals surface area contributed by atoms with Crippen molar-refractivity contribution in [3.05, 3.63) is 109 Å². The summed E-state index contributed by atoms with van der Waals surface area (Å²) in [6.07, 6.45) is 82.8. The fourth-order valence-electron chi connectivity index (χ4n) is 8.33. The van der Waals surface area contributed by atoms with Gasteiger partial charge in [0.25, 0.3) is 0 Å². The molecule has 6 heteroatoms. The van der Waals surface area contributed by atoms with Crippen LogP contribution in [0.15, 0.2) is 109 Å². The van der Waals surface area contributed by atoms with Crippen LogP contribution in [0.25, 0.3) is 0 Å². The summed E-state index contributed by atoms with van der Waals surface area (Å²) in [6, 6.07) is 0. The Hall–Kier alpha value is -3.93. The van der Waals surface area contributed by atoms with Crippen molar-refractivity contribution in [2.75, 3.05) is 13.2 Å². The van der Waals surface area contributed by atoms with Gasteiger partial charge in [0, 0.05) is 12.8 Å². The molecule has 0 fully saturated rings. The van der Waals surface area contributed by atoms with Gasteiger partial charge < -0.3 is 14.2 Å². The van der Waals surface area contributed by atoms with Gasteiger partial charge in [-0.1, -0.05) is 284 Å². The molecule has 0 aromatic heterocycles. The second-order valence-electron chi connectivity index (χ2n) is 19.9. The maximum Gasteiger partial charge on any atom is 0.310 e. The first-order valence-corrected chi connectivity index (χ1v) is 30.4. The summed E-state index contributed by atoms with van der Waals surface area (Å²) < 4.78 is 16.7. The van der Waals surface area contributed by atoms with Crippen molar-refractivity contribution in [2.45, 2.75) is 284 Å². The Morgan fingerprint density at radius 2 is 0.575 bits per heavy atom. The highest BCUT2D eigenvalue weighted by atomic mass is 16.6. The predicted octanol–water partition coefficient (Wildman–Crippen LogP) is 20.7. The van der Waals surface area contributed by atoms with Crippen LogP contribution < -0.4 is 0 Å². The first-order valence-electron chi connectivity index (χ1n) is 30.4. The van der Waals surface area contributed by atoms with Crippen LogP contribution in [0.3, 0.4) is 0 Å². The molecule has 0 aliphatic carbocycles. The van der Waals surface area contributed by atoms with Gasteiger partial charge in [0.1, 0.15) is 13.2 Å². The summed E-state index contributed by atoms with van der Waals surface area (Å²) in [5.41, 5.74) is 0. The quantitative estimate of drug-likeness (QED) is 0.0261. The second-order valence-corrected chi connectivity index (χ2v) is 19.9. The van der Waals surface area contributed by atoms with Gasteiger partial charge >= 0.3 is 17.9 Å². The van der Waals surface area contributed by atoms with Crippen molar-refractivity contribution in [1.82, 2.24) is 0 Å². The highest BCUT2D eigenvalue weighted by molar-refractivity contribution is 5.72. The molecule has 1 atom stereocenters. The van der Waals surface area contributed by atoms with Crippen molar-refractivity contribution in [1.29, 1.82) is 0 Å². The fraction of sp³-hybridized carbons (Fsp3) is 0.687. The van der Waals surface area contributed by atoms with E-state index < -0.39 is 12.1 Å². The maximum atomic E-state index is 12.8. The third kappa shape index (κ3) is 58.8. The highest BCUT2D eigenvalue weighted by Crippen LogP contribution is 2.17. The number of rotatable bonds is 54. The topological polar surface area (TPSA) is 78.9 Å². The number of allylic oxidation sites excluding steroid dienone is 17. The van der Waals surface area contributed by atoms with E-state index in [0.29, 0.717) is 19.3 Å². The minimum absolute atomic E-state index is 0.0861. The summed E-state index contributed by atoms with van der Waals surface area (Å²) in [4.78, 5) is 38.1. The lowest BCUT2D eigenvalue weighted by atomic mass is 10.0. The zero-order chi connectivity index (χ0) is 52.9. The number of ether oxygens (including phenoxy) is 3. The van der Waals surface area contributed by atoms with Crippen LogP contribution in [0.2, 0.25) is 0 Å². The summed E-state index contributed by atoms with van der Waals surface area (Å²) in [5.74, 6) is -1.10. The summed E-state index contributed by atoms with van der Waals surface area (Å²) in [5, 5.41) is 0. The van der Waals surface area contributed by atoms with Crippen molar-refractivity contribution >= 4 is 17.9 Å². The molecule has 0 saturated carbocycles. The van der Waals surface area contributed by atoms with Crippen molar-refractivity contribution in [2.24, 2.45) is 0 Å². The Kier molecular flexibility index (Phi) is 57.4. The van der Waals surface area contributed by atoms with Crippen LogP contribution in [0.1, 0.15) is 278 Å². The number of hydrogen-bond donors (Lipinski definition) is 0. The molecular weight excluding hydrogens is 901 g/mol. The van der Waals surface area contributed by atoms with Crippen LogP contribution in [0.5, 0.6) is 0 Å². The number of esters is 3. The second kappa shape index (κ2) is 60.6. The molecule has 0 saturated heterocycles. The van der Waals surface area contributed by atoms with Crippen LogP contribution in [-0.2, 0) is 28.6 Å². The Balaban J connectivity index is 4.39. The number of carbonyl (C=O) groups excluding carboxylic acids is 3. The molecular formula is C67H112O6. The van der Waals surface area contributed by atoms with E-state index in [-0.39, 0.29) is 38.0 Å². The van der Waals surface area contributed by atoms with Gasteiger partial charge in [-0.05, 0) is 83.5 Å². The Morgan fingerprint density at radius 3 is 0.904 bits per heavy atom.